The van der Waals surface area contributed by atoms with E-state index >= 15 is 0 Å². The van der Waals surface area contributed by atoms with Gasteiger partial charge in [0, 0.05) is 17.6 Å². The van der Waals surface area contributed by atoms with Crippen LogP contribution in [-0.4, -0.2) is 23.3 Å². The maximum Gasteiger partial charge on any atom is 0.340 e. The Morgan fingerprint density at radius 1 is 1.42 bits per heavy atom. The van der Waals surface area contributed by atoms with Crippen LogP contribution in [0.1, 0.15) is 16.1 Å². The molecular weight excluding hydrogens is 244 g/mol. The fourth-order valence-electron chi connectivity index (χ4n) is 1.57. The van der Waals surface area contributed by atoms with Gasteiger partial charge in [0.25, 0.3) is 0 Å². The molecule has 0 amide bonds. The Hall–Kier alpha value is -2.63. The minimum Gasteiger partial charge on any atom is -0.465 e. The van der Waals surface area contributed by atoms with Crippen LogP contribution in [0, 0.1) is 0 Å². The van der Waals surface area contributed by atoms with Crippen LogP contribution in [0.4, 0.5) is 11.4 Å². The molecule has 3 N–H and O–H groups in total. The van der Waals surface area contributed by atoms with E-state index in [1.807, 2.05) is 12.1 Å². The quantitative estimate of drug-likeness (QED) is 0.637. The Labute approximate surface area is 110 Å². The summed E-state index contributed by atoms with van der Waals surface area (Å²) in [5, 5.41) is 10.9. The predicted molar refractivity (Wildman–Crippen MR) is 71.6 cm³/mol. The van der Waals surface area contributed by atoms with Gasteiger partial charge in [-0.3, -0.25) is 0 Å². The first-order chi connectivity index (χ1) is 9.20. The number of hydrogen-bond acceptors (Lipinski definition) is 6. The van der Waals surface area contributed by atoms with Gasteiger partial charge < -0.3 is 15.8 Å². The van der Waals surface area contributed by atoms with E-state index < -0.39 is 5.97 Å². The molecule has 1 heterocycles. The normalized spacial score (nSPS) is 9.95. The van der Waals surface area contributed by atoms with Crippen LogP contribution in [0.5, 0.6) is 0 Å². The molecule has 19 heavy (non-hydrogen) atoms. The molecule has 0 fully saturated rings. The van der Waals surface area contributed by atoms with Crippen molar-refractivity contribution in [2.45, 2.75) is 6.54 Å². The van der Waals surface area contributed by atoms with E-state index in [9.17, 15) is 4.79 Å². The topological polar surface area (TPSA) is 90.1 Å². The third kappa shape index (κ3) is 3.19. The number of nitrogen functional groups attached to an aromatic ring is 1. The number of nitrogens with two attached hydrogens (primary N) is 1. The standard InChI is InChI=1S/C13H14N4O2/c1-19-13(18)11-7-9(4-5-12(11)14)15-8-10-3-2-6-16-17-10/h2-7,15H,8,14H2,1H3. The fourth-order valence-corrected chi connectivity index (χ4v) is 1.57. The van der Waals surface area contributed by atoms with E-state index in [2.05, 4.69) is 20.3 Å². The molecular formula is C13H14N4O2. The Morgan fingerprint density at radius 3 is 2.95 bits per heavy atom. The van der Waals surface area contributed by atoms with E-state index in [1.165, 1.54) is 7.11 Å². The molecule has 2 rings (SSSR count). The van der Waals surface area contributed by atoms with Crippen LogP contribution >= 0.6 is 0 Å². The van der Waals surface area contributed by atoms with Gasteiger partial charge in [-0.2, -0.15) is 10.2 Å². The monoisotopic (exact) mass is 258 g/mol. The lowest BCUT2D eigenvalue weighted by Crippen LogP contribution is -2.08. The predicted octanol–water partition coefficient (Wildman–Crippen LogP) is 1.46. The first-order valence-corrected chi connectivity index (χ1v) is 5.69. The molecule has 2 aromatic rings. The van der Waals surface area contributed by atoms with Crippen molar-refractivity contribution in [1.29, 1.82) is 0 Å². The summed E-state index contributed by atoms with van der Waals surface area (Å²) >= 11 is 0. The number of rotatable bonds is 4. The Kier molecular flexibility index (Phi) is 3.92. The fraction of sp³-hybridized carbons (Fsp3) is 0.154. The summed E-state index contributed by atoms with van der Waals surface area (Å²) in [6.45, 7) is 0.512. The molecule has 98 valence electrons. The molecule has 0 aliphatic rings. The van der Waals surface area contributed by atoms with Gasteiger partial charge in [-0.1, -0.05) is 0 Å². The van der Waals surface area contributed by atoms with Crippen molar-refractivity contribution >= 4 is 17.3 Å². The van der Waals surface area contributed by atoms with Crippen LogP contribution < -0.4 is 11.1 Å². The molecule has 0 saturated carbocycles. The Balaban J connectivity index is 2.11. The van der Waals surface area contributed by atoms with Crippen molar-refractivity contribution in [3.05, 3.63) is 47.8 Å². The first kappa shape index (κ1) is 12.8. The highest BCUT2D eigenvalue weighted by Crippen LogP contribution is 2.19. The van der Waals surface area contributed by atoms with Crippen molar-refractivity contribution in [1.82, 2.24) is 10.2 Å². The number of hydrogen-bond donors (Lipinski definition) is 2. The van der Waals surface area contributed by atoms with Crippen LogP contribution in [0.2, 0.25) is 0 Å². The lowest BCUT2D eigenvalue weighted by molar-refractivity contribution is 0.0602. The number of methoxy groups -OCH3 is 1. The van der Waals surface area contributed by atoms with Crippen LogP contribution in [0.15, 0.2) is 36.5 Å². The van der Waals surface area contributed by atoms with Gasteiger partial charge in [0.15, 0.2) is 0 Å². The minimum absolute atomic E-state index is 0.339. The summed E-state index contributed by atoms with van der Waals surface area (Å²) < 4.78 is 4.67. The molecule has 1 aromatic carbocycles. The molecule has 6 nitrogen and oxygen atoms in total. The summed E-state index contributed by atoms with van der Waals surface area (Å²) in [5.74, 6) is -0.458. The number of carbonyl (C=O) groups is 1. The lowest BCUT2D eigenvalue weighted by atomic mass is 10.1. The SMILES string of the molecule is COC(=O)c1cc(NCc2cccnn2)ccc1N. The van der Waals surface area contributed by atoms with E-state index in [0.717, 1.165) is 11.4 Å². The molecule has 0 spiro atoms. The summed E-state index contributed by atoms with van der Waals surface area (Å²) in [5.41, 5.74) is 8.02. The number of benzene rings is 1. The number of nitrogens with one attached hydrogen (secondary N) is 1. The number of nitrogens with zero attached hydrogens (tertiary/aromatic N) is 2. The lowest BCUT2D eigenvalue weighted by Gasteiger charge is -2.09. The summed E-state index contributed by atoms with van der Waals surface area (Å²) in [6, 6.07) is 8.77. The zero-order valence-corrected chi connectivity index (χ0v) is 10.5. The maximum absolute atomic E-state index is 11.5. The second kappa shape index (κ2) is 5.81. The van der Waals surface area contributed by atoms with Gasteiger partial charge >= 0.3 is 5.97 Å². The van der Waals surface area contributed by atoms with Crippen LogP contribution in [0.3, 0.4) is 0 Å². The van der Waals surface area contributed by atoms with E-state index in [4.69, 9.17) is 5.73 Å². The van der Waals surface area contributed by atoms with E-state index in [-0.39, 0.29) is 0 Å². The molecule has 0 radical (unpaired) electrons. The van der Waals surface area contributed by atoms with E-state index in [0.29, 0.717) is 17.8 Å². The second-order valence-corrected chi connectivity index (χ2v) is 3.86. The largest absolute Gasteiger partial charge is 0.465 e. The van der Waals surface area contributed by atoms with Crippen molar-refractivity contribution in [2.24, 2.45) is 0 Å². The molecule has 1 aromatic heterocycles. The maximum atomic E-state index is 11.5. The number of anilines is 2. The zero-order valence-electron chi connectivity index (χ0n) is 10.5. The van der Waals surface area contributed by atoms with Crippen LogP contribution in [0.25, 0.3) is 0 Å². The second-order valence-electron chi connectivity index (χ2n) is 3.86. The van der Waals surface area contributed by atoms with E-state index in [1.54, 1.807) is 24.4 Å². The van der Waals surface area contributed by atoms with Crippen molar-refractivity contribution in [3.63, 3.8) is 0 Å². The molecule has 0 aliphatic heterocycles. The highest BCUT2D eigenvalue weighted by atomic mass is 16.5. The van der Waals surface area contributed by atoms with Crippen molar-refractivity contribution in [2.75, 3.05) is 18.2 Å². The first-order valence-electron chi connectivity index (χ1n) is 5.69. The van der Waals surface area contributed by atoms with Gasteiger partial charge in [-0.15, -0.1) is 0 Å². The molecule has 0 bridgehead atoms. The molecule has 0 atom stereocenters. The van der Waals surface area contributed by atoms with Gasteiger partial charge in [0.2, 0.25) is 0 Å². The zero-order chi connectivity index (χ0) is 13.7. The highest BCUT2D eigenvalue weighted by Gasteiger charge is 2.10. The van der Waals surface area contributed by atoms with Gasteiger partial charge in [-0.05, 0) is 30.3 Å². The summed E-state index contributed by atoms with van der Waals surface area (Å²) in [4.78, 5) is 11.5. The van der Waals surface area contributed by atoms with Gasteiger partial charge in [0.05, 0.1) is 24.9 Å². The smallest absolute Gasteiger partial charge is 0.340 e. The molecule has 6 heteroatoms. The number of carbonyl (C=O) groups excluding carboxylic acids is 1. The third-order valence-corrected chi connectivity index (χ3v) is 2.56. The molecule has 0 unspecified atom stereocenters. The van der Waals surface area contributed by atoms with Crippen LogP contribution in [-0.2, 0) is 11.3 Å². The van der Waals surface area contributed by atoms with Crippen molar-refractivity contribution < 1.29 is 9.53 Å². The molecule has 0 saturated heterocycles. The highest BCUT2D eigenvalue weighted by molar-refractivity contribution is 5.96. The Bertz CT molecular complexity index is 572. The average Bonchev–Trinajstić information content (AvgIpc) is 2.46. The number of esters is 1. The third-order valence-electron chi connectivity index (χ3n) is 2.56. The van der Waals surface area contributed by atoms with Gasteiger partial charge in [-0.25, -0.2) is 4.79 Å². The Morgan fingerprint density at radius 2 is 2.26 bits per heavy atom. The minimum atomic E-state index is -0.458. The summed E-state index contributed by atoms with van der Waals surface area (Å²) in [6.07, 6.45) is 1.61. The number of aromatic nitrogens is 2. The van der Waals surface area contributed by atoms with Crippen molar-refractivity contribution in [3.8, 4) is 0 Å². The molecule has 0 aliphatic carbocycles. The summed E-state index contributed by atoms with van der Waals surface area (Å²) in [7, 11) is 1.32. The average molecular weight is 258 g/mol. The van der Waals surface area contributed by atoms with Gasteiger partial charge in [0.1, 0.15) is 0 Å². The number of ether oxygens (including phenoxy) is 1.